The summed E-state index contributed by atoms with van der Waals surface area (Å²) in [7, 11) is 0. The predicted octanol–water partition coefficient (Wildman–Crippen LogP) is 1.50. The van der Waals surface area contributed by atoms with Gasteiger partial charge in [0.15, 0.2) is 12.5 Å². The van der Waals surface area contributed by atoms with Crippen molar-refractivity contribution < 1.29 is 24.2 Å². The number of aliphatic hydroxyl groups is 1. The van der Waals surface area contributed by atoms with Crippen molar-refractivity contribution >= 4 is 11.6 Å². The third-order valence-electron chi connectivity index (χ3n) is 4.93. The Hall–Kier alpha value is -2.38. The zero-order chi connectivity index (χ0) is 18.1. The molecule has 2 atom stereocenters. The van der Waals surface area contributed by atoms with E-state index in [4.69, 9.17) is 9.47 Å². The highest BCUT2D eigenvalue weighted by atomic mass is 16.6. The second-order valence-electron chi connectivity index (χ2n) is 6.58. The molecule has 0 spiro atoms. The number of nitrogens with zero attached hydrogens (tertiary/aromatic N) is 1. The molecule has 2 aromatic rings. The van der Waals surface area contributed by atoms with Crippen molar-refractivity contribution in [2.75, 3.05) is 19.8 Å². The molecule has 6 heteroatoms. The maximum Gasteiger partial charge on any atom is 0.206 e. The normalized spacial score (nSPS) is 24.3. The van der Waals surface area contributed by atoms with Crippen LogP contribution in [0.25, 0.3) is 0 Å². The molecule has 0 bridgehead atoms. The molecule has 4 rings (SSSR count). The van der Waals surface area contributed by atoms with Crippen molar-refractivity contribution in [3.8, 4) is 0 Å². The summed E-state index contributed by atoms with van der Waals surface area (Å²) in [5.74, 6) is -0.505. The van der Waals surface area contributed by atoms with Gasteiger partial charge in [-0.25, -0.2) is 4.90 Å². The summed E-state index contributed by atoms with van der Waals surface area (Å²) in [4.78, 5) is 27.5. The van der Waals surface area contributed by atoms with Crippen molar-refractivity contribution in [3.63, 3.8) is 0 Å². The fourth-order valence-corrected chi connectivity index (χ4v) is 3.51. The molecule has 0 aliphatic carbocycles. The zero-order valence-corrected chi connectivity index (χ0v) is 14.1. The lowest BCUT2D eigenvalue weighted by atomic mass is 10.0. The number of carbonyl (C=O) groups is 2. The molecule has 134 valence electrons. The molecule has 2 fully saturated rings. The van der Waals surface area contributed by atoms with Crippen LogP contribution in [-0.2, 0) is 9.47 Å². The van der Waals surface area contributed by atoms with Gasteiger partial charge in [0, 0.05) is 11.1 Å². The van der Waals surface area contributed by atoms with Gasteiger partial charge in [-0.15, -0.1) is 0 Å². The lowest BCUT2D eigenvalue weighted by Crippen LogP contribution is -2.55. The number of benzene rings is 2. The maximum atomic E-state index is 12.9. The highest BCUT2D eigenvalue weighted by molar-refractivity contribution is 6.02. The summed E-state index contributed by atoms with van der Waals surface area (Å²) in [6.45, 7) is 0.000753. The van der Waals surface area contributed by atoms with Gasteiger partial charge in [-0.1, -0.05) is 60.7 Å². The third-order valence-corrected chi connectivity index (χ3v) is 4.93. The van der Waals surface area contributed by atoms with Crippen LogP contribution in [0.15, 0.2) is 60.7 Å². The molecule has 0 amide bonds. The van der Waals surface area contributed by atoms with Gasteiger partial charge in [0.25, 0.3) is 0 Å². The van der Waals surface area contributed by atoms with Gasteiger partial charge in [-0.3, -0.25) is 9.59 Å². The Morgan fingerprint density at radius 3 is 1.69 bits per heavy atom. The van der Waals surface area contributed by atoms with Gasteiger partial charge >= 0.3 is 0 Å². The third kappa shape index (κ3) is 2.68. The van der Waals surface area contributed by atoms with Crippen molar-refractivity contribution in [2.45, 2.75) is 18.0 Å². The van der Waals surface area contributed by atoms with E-state index in [1.807, 2.05) is 12.1 Å². The molecule has 6 nitrogen and oxygen atoms in total. The van der Waals surface area contributed by atoms with E-state index >= 15 is 0 Å². The molecule has 26 heavy (non-hydrogen) atoms. The fraction of sp³-hybridized carbons (Fsp3) is 0.300. The highest BCUT2D eigenvalue weighted by Gasteiger charge is 2.59. The number of Topliss-reactive ketones (excluding diaryl/α,β-unsaturated/α-hetero) is 2. The van der Waals surface area contributed by atoms with Crippen LogP contribution in [0.3, 0.4) is 0 Å². The summed E-state index contributed by atoms with van der Waals surface area (Å²) < 4.78 is 11.5. The van der Waals surface area contributed by atoms with Gasteiger partial charge in [0.1, 0.15) is 0 Å². The van der Waals surface area contributed by atoms with E-state index in [0.717, 1.165) is 0 Å². The first kappa shape index (κ1) is 17.1. The number of ether oxygens (including phenoxy) is 2. The number of carbonyl (C=O) groups excluding carboxylic acids is 2. The molecule has 1 N–H and O–H groups in total. The Kier molecular flexibility index (Phi) is 4.42. The topological polar surface area (TPSA) is 76.1 Å². The Bertz CT molecular complexity index is 744. The Labute approximate surface area is 151 Å². The molecular weight excluding hydrogens is 334 g/mol. The monoisotopic (exact) mass is 353 g/mol. The minimum absolute atomic E-state index is 0.130. The lowest BCUT2D eigenvalue weighted by Gasteiger charge is -2.31. The van der Waals surface area contributed by atoms with Crippen LogP contribution in [0.1, 0.15) is 20.7 Å². The Morgan fingerprint density at radius 2 is 1.31 bits per heavy atom. The molecule has 0 saturated carbocycles. The van der Waals surface area contributed by atoms with Crippen LogP contribution in [0.2, 0.25) is 0 Å². The fourth-order valence-electron chi connectivity index (χ4n) is 3.51. The standard InChI is InChI=1S/C20H19NO5/c22-11-20-12-25-18(16(23)14-7-3-1-4-8-14)21(20)19(26-13-20)17(24)15-9-5-2-6-10-15/h1-10,18-19,22H,11-13H2/t18-,19-/m1/s1. The number of hydrogen-bond acceptors (Lipinski definition) is 6. The minimum atomic E-state index is -0.968. The lowest BCUT2D eigenvalue weighted by molar-refractivity contribution is -0.0319. The summed E-state index contributed by atoms with van der Waals surface area (Å²) in [6, 6.07) is 17.6. The molecule has 0 radical (unpaired) electrons. The molecular formula is C20H19NO5. The quantitative estimate of drug-likeness (QED) is 0.821. The first-order valence-corrected chi connectivity index (χ1v) is 8.47. The number of hydrogen-bond donors (Lipinski definition) is 1. The first-order chi connectivity index (χ1) is 12.7. The summed E-state index contributed by atoms with van der Waals surface area (Å²) in [5, 5.41) is 9.94. The second kappa shape index (κ2) is 6.74. The van der Waals surface area contributed by atoms with Crippen molar-refractivity contribution in [1.82, 2.24) is 4.90 Å². The average Bonchev–Trinajstić information content (AvgIpc) is 3.26. The smallest absolute Gasteiger partial charge is 0.206 e. The van der Waals surface area contributed by atoms with E-state index < -0.39 is 18.0 Å². The van der Waals surface area contributed by atoms with Gasteiger partial charge in [-0.2, -0.15) is 0 Å². The molecule has 0 unspecified atom stereocenters. The molecule has 2 aromatic carbocycles. The largest absolute Gasteiger partial charge is 0.394 e. The molecule has 0 aromatic heterocycles. The van der Waals surface area contributed by atoms with E-state index in [2.05, 4.69) is 0 Å². The Balaban J connectivity index is 1.67. The van der Waals surface area contributed by atoms with Crippen LogP contribution in [0.5, 0.6) is 0 Å². The maximum absolute atomic E-state index is 12.9. The highest BCUT2D eigenvalue weighted by Crippen LogP contribution is 2.38. The summed E-state index contributed by atoms with van der Waals surface area (Å²) >= 11 is 0. The van der Waals surface area contributed by atoms with E-state index in [0.29, 0.717) is 11.1 Å². The zero-order valence-electron chi connectivity index (χ0n) is 14.1. The van der Waals surface area contributed by atoms with Gasteiger partial charge in [0.2, 0.25) is 11.6 Å². The van der Waals surface area contributed by atoms with Crippen LogP contribution in [0, 0.1) is 0 Å². The second-order valence-corrected chi connectivity index (χ2v) is 6.58. The van der Waals surface area contributed by atoms with Crippen LogP contribution in [0.4, 0.5) is 0 Å². The van der Waals surface area contributed by atoms with E-state index in [1.54, 1.807) is 53.4 Å². The van der Waals surface area contributed by atoms with Crippen molar-refractivity contribution in [1.29, 1.82) is 0 Å². The van der Waals surface area contributed by atoms with Gasteiger partial charge < -0.3 is 14.6 Å². The molecule has 2 heterocycles. The van der Waals surface area contributed by atoms with Crippen LogP contribution in [-0.4, -0.2) is 59.4 Å². The first-order valence-electron chi connectivity index (χ1n) is 8.47. The average molecular weight is 353 g/mol. The number of rotatable bonds is 5. The molecule has 2 aliphatic heterocycles. The predicted molar refractivity (Wildman–Crippen MR) is 92.7 cm³/mol. The van der Waals surface area contributed by atoms with E-state index in [1.165, 1.54) is 0 Å². The van der Waals surface area contributed by atoms with Crippen molar-refractivity contribution in [2.24, 2.45) is 0 Å². The number of ketones is 2. The molecule has 2 saturated heterocycles. The SMILES string of the molecule is O=C(c1ccccc1)[C@H]1OCC2(CO)CO[C@H](C(=O)c3ccccc3)N12. The van der Waals surface area contributed by atoms with Gasteiger partial charge in [0.05, 0.1) is 25.4 Å². The van der Waals surface area contributed by atoms with Crippen LogP contribution >= 0.6 is 0 Å². The number of fused-ring (bicyclic) bond motifs is 1. The van der Waals surface area contributed by atoms with E-state index in [-0.39, 0.29) is 31.4 Å². The minimum Gasteiger partial charge on any atom is -0.394 e. The summed E-state index contributed by atoms with van der Waals surface area (Å²) in [6.07, 6.45) is -1.94. The van der Waals surface area contributed by atoms with E-state index in [9.17, 15) is 14.7 Å². The van der Waals surface area contributed by atoms with Crippen molar-refractivity contribution in [3.05, 3.63) is 71.8 Å². The Morgan fingerprint density at radius 1 is 0.885 bits per heavy atom. The number of aliphatic hydroxyl groups excluding tert-OH is 1. The van der Waals surface area contributed by atoms with Gasteiger partial charge in [-0.05, 0) is 0 Å². The van der Waals surface area contributed by atoms with Crippen LogP contribution < -0.4 is 0 Å². The molecule has 2 aliphatic rings. The summed E-state index contributed by atoms with van der Waals surface area (Å²) in [5.41, 5.74) is 0.0950.